The summed E-state index contributed by atoms with van der Waals surface area (Å²) in [5.74, 6) is -0.200. The van der Waals surface area contributed by atoms with Crippen LogP contribution >= 0.6 is 15.9 Å². The smallest absolute Gasteiger partial charge is 0.269 e. The molecule has 0 bridgehead atoms. The molecule has 2 rings (SSSR count). The molecule has 0 spiro atoms. The standard InChI is InChI=1S/C15H13BrN2O/c1-11(13-9-5-6-10-14(13)16)17-18-15(19)12-7-3-2-4-8-12/h2-10,17H,1H2,(H,18,19). The van der Waals surface area contributed by atoms with Crippen molar-refractivity contribution in [3.05, 3.63) is 76.8 Å². The summed E-state index contributed by atoms with van der Waals surface area (Å²) < 4.78 is 0.918. The van der Waals surface area contributed by atoms with Crippen molar-refractivity contribution in [1.82, 2.24) is 10.9 Å². The third kappa shape index (κ3) is 3.45. The van der Waals surface area contributed by atoms with Gasteiger partial charge in [0, 0.05) is 15.6 Å². The van der Waals surface area contributed by atoms with E-state index in [2.05, 4.69) is 33.4 Å². The third-order valence-corrected chi connectivity index (χ3v) is 3.25. The van der Waals surface area contributed by atoms with Crippen molar-refractivity contribution in [3.8, 4) is 0 Å². The summed E-state index contributed by atoms with van der Waals surface area (Å²) in [6, 6.07) is 16.7. The third-order valence-electron chi connectivity index (χ3n) is 2.56. The number of amides is 1. The predicted octanol–water partition coefficient (Wildman–Crippen LogP) is 3.35. The van der Waals surface area contributed by atoms with Crippen LogP contribution in [0, 0.1) is 0 Å². The lowest BCUT2D eigenvalue weighted by Crippen LogP contribution is -2.35. The van der Waals surface area contributed by atoms with Crippen molar-refractivity contribution in [2.45, 2.75) is 0 Å². The van der Waals surface area contributed by atoms with Crippen molar-refractivity contribution < 1.29 is 4.79 Å². The number of hydrogen-bond acceptors (Lipinski definition) is 2. The molecule has 2 N–H and O–H groups in total. The highest BCUT2D eigenvalue weighted by Crippen LogP contribution is 2.20. The molecule has 1 amide bonds. The van der Waals surface area contributed by atoms with E-state index in [1.807, 2.05) is 42.5 Å². The Morgan fingerprint density at radius 2 is 1.58 bits per heavy atom. The van der Waals surface area contributed by atoms with Gasteiger partial charge >= 0.3 is 0 Å². The van der Waals surface area contributed by atoms with Gasteiger partial charge in [-0.2, -0.15) is 0 Å². The summed E-state index contributed by atoms with van der Waals surface area (Å²) in [5, 5.41) is 0. The van der Waals surface area contributed by atoms with E-state index in [0.29, 0.717) is 11.3 Å². The molecule has 19 heavy (non-hydrogen) atoms. The first-order valence-electron chi connectivity index (χ1n) is 5.73. The highest BCUT2D eigenvalue weighted by molar-refractivity contribution is 9.10. The van der Waals surface area contributed by atoms with E-state index < -0.39 is 0 Å². The number of hydrazine groups is 1. The summed E-state index contributed by atoms with van der Waals surface area (Å²) in [4.78, 5) is 11.8. The normalized spacial score (nSPS) is 9.74. The van der Waals surface area contributed by atoms with E-state index in [1.165, 1.54) is 0 Å². The lowest BCUT2D eigenvalue weighted by molar-refractivity contribution is 0.0942. The van der Waals surface area contributed by atoms with Gasteiger partial charge in [0.05, 0.1) is 5.70 Å². The zero-order chi connectivity index (χ0) is 13.7. The Morgan fingerprint density at radius 1 is 0.947 bits per heavy atom. The topological polar surface area (TPSA) is 41.1 Å². The first-order chi connectivity index (χ1) is 9.18. The molecule has 0 heterocycles. The van der Waals surface area contributed by atoms with E-state index >= 15 is 0 Å². The van der Waals surface area contributed by atoms with Crippen LogP contribution in [0.4, 0.5) is 0 Å². The molecular formula is C15H13BrN2O. The van der Waals surface area contributed by atoms with Crippen LogP contribution in [-0.2, 0) is 0 Å². The van der Waals surface area contributed by atoms with Crippen LogP contribution in [0.2, 0.25) is 0 Å². The average Bonchev–Trinajstić information content (AvgIpc) is 2.46. The van der Waals surface area contributed by atoms with Crippen LogP contribution in [0.3, 0.4) is 0 Å². The maximum atomic E-state index is 11.8. The van der Waals surface area contributed by atoms with E-state index in [-0.39, 0.29) is 5.91 Å². The van der Waals surface area contributed by atoms with Gasteiger partial charge in [0.1, 0.15) is 0 Å². The van der Waals surface area contributed by atoms with E-state index in [4.69, 9.17) is 0 Å². The number of hydrogen-bond donors (Lipinski definition) is 2. The van der Waals surface area contributed by atoms with E-state index in [1.54, 1.807) is 12.1 Å². The van der Waals surface area contributed by atoms with Gasteiger partial charge in [0.15, 0.2) is 0 Å². The van der Waals surface area contributed by atoms with Gasteiger partial charge in [-0.1, -0.05) is 58.9 Å². The molecule has 96 valence electrons. The Morgan fingerprint density at radius 3 is 2.26 bits per heavy atom. The van der Waals surface area contributed by atoms with Gasteiger partial charge < -0.3 is 0 Å². The molecule has 0 atom stereocenters. The minimum atomic E-state index is -0.200. The Balaban J connectivity index is 1.98. The Bertz CT molecular complexity index is 596. The zero-order valence-corrected chi connectivity index (χ0v) is 11.8. The second kappa shape index (κ2) is 6.20. The molecule has 0 radical (unpaired) electrons. The average molecular weight is 317 g/mol. The Hall–Kier alpha value is -2.07. The predicted molar refractivity (Wildman–Crippen MR) is 80.2 cm³/mol. The maximum absolute atomic E-state index is 11.8. The van der Waals surface area contributed by atoms with Gasteiger partial charge in [-0.05, 0) is 18.2 Å². The number of carbonyl (C=O) groups excluding carboxylic acids is 1. The van der Waals surface area contributed by atoms with Gasteiger partial charge in [0.25, 0.3) is 5.91 Å². The molecule has 0 fully saturated rings. The molecule has 0 saturated carbocycles. The van der Waals surface area contributed by atoms with Crippen LogP contribution < -0.4 is 10.9 Å². The van der Waals surface area contributed by atoms with Crippen LogP contribution in [0.15, 0.2) is 65.6 Å². The first kappa shape index (κ1) is 13.4. The molecule has 3 nitrogen and oxygen atoms in total. The SMILES string of the molecule is C=C(NNC(=O)c1ccccc1)c1ccccc1Br. The van der Waals surface area contributed by atoms with Crippen molar-refractivity contribution in [3.63, 3.8) is 0 Å². The lowest BCUT2D eigenvalue weighted by atomic mass is 10.2. The second-order valence-electron chi connectivity index (χ2n) is 3.90. The first-order valence-corrected chi connectivity index (χ1v) is 6.53. The van der Waals surface area contributed by atoms with Gasteiger partial charge in [-0.3, -0.25) is 15.6 Å². The highest BCUT2D eigenvalue weighted by atomic mass is 79.9. The van der Waals surface area contributed by atoms with Crippen LogP contribution in [-0.4, -0.2) is 5.91 Å². The molecule has 0 unspecified atom stereocenters. The second-order valence-corrected chi connectivity index (χ2v) is 4.76. The van der Waals surface area contributed by atoms with Gasteiger partial charge in [-0.25, -0.2) is 0 Å². The summed E-state index contributed by atoms with van der Waals surface area (Å²) in [7, 11) is 0. The maximum Gasteiger partial charge on any atom is 0.269 e. The number of halogens is 1. The minimum Gasteiger partial charge on any atom is -0.298 e. The monoisotopic (exact) mass is 316 g/mol. The van der Waals surface area contributed by atoms with Crippen LogP contribution in [0.25, 0.3) is 5.70 Å². The molecule has 0 aliphatic rings. The number of nitrogens with one attached hydrogen (secondary N) is 2. The van der Waals surface area contributed by atoms with Crippen molar-refractivity contribution >= 4 is 27.5 Å². The summed E-state index contributed by atoms with van der Waals surface area (Å²) in [6.07, 6.45) is 0. The molecular weight excluding hydrogens is 304 g/mol. The number of carbonyl (C=O) groups is 1. The summed E-state index contributed by atoms with van der Waals surface area (Å²) in [5.41, 5.74) is 7.54. The fraction of sp³-hybridized carbons (Fsp3) is 0. The fourth-order valence-electron chi connectivity index (χ4n) is 1.57. The molecule has 0 saturated heterocycles. The van der Waals surface area contributed by atoms with E-state index in [0.717, 1.165) is 10.0 Å². The van der Waals surface area contributed by atoms with E-state index in [9.17, 15) is 4.79 Å². The lowest BCUT2D eigenvalue weighted by Gasteiger charge is -2.12. The molecule has 0 aliphatic heterocycles. The molecule has 0 aromatic heterocycles. The number of rotatable bonds is 4. The quantitative estimate of drug-likeness (QED) is 0.849. The Kier molecular flexibility index (Phi) is 4.36. The van der Waals surface area contributed by atoms with Crippen LogP contribution in [0.1, 0.15) is 15.9 Å². The molecule has 2 aromatic carbocycles. The molecule has 0 aliphatic carbocycles. The minimum absolute atomic E-state index is 0.200. The largest absolute Gasteiger partial charge is 0.298 e. The van der Waals surface area contributed by atoms with Crippen molar-refractivity contribution in [1.29, 1.82) is 0 Å². The van der Waals surface area contributed by atoms with Crippen LogP contribution in [0.5, 0.6) is 0 Å². The van der Waals surface area contributed by atoms with Crippen molar-refractivity contribution in [2.75, 3.05) is 0 Å². The molecule has 4 heteroatoms. The van der Waals surface area contributed by atoms with Crippen molar-refractivity contribution in [2.24, 2.45) is 0 Å². The zero-order valence-electron chi connectivity index (χ0n) is 10.2. The highest BCUT2D eigenvalue weighted by Gasteiger charge is 2.06. The van der Waals surface area contributed by atoms with Gasteiger partial charge in [-0.15, -0.1) is 0 Å². The fourth-order valence-corrected chi connectivity index (χ4v) is 2.09. The molecule has 2 aromatic rings. The number of benzene rings is 2. The van der Waals surface area contributed by atoms with Gasteiger partial charge in [0.2, 0.25) is 0 Å². The Labute approximate surface area is 120 Å². The summed E-state index contributed by atoms with van der Waals surface area (Å²) >= 11 is 3.44. The summed E-state index contributed by atoms with van der Waals surface area (Å²) in [6.45, 7) is 3.90.